The number of benzene rings is 4. The molecule has 0 bridgehead atoms. The number of esters is 1. The Kier molecular flexibility index (Phi) is 7.10. The number of methoxy groups -OCH3 is 1. The first kappa shape index (κ1) is 23.6. The molecule has 172 valence electrons. The molecule has 0 saturated carbocycles. The van der Waals surface area contributed by atoms with Crippen LogP contribution in [0, 0.1) is 11.3 Å². The molecule has 6 nitrogen and oxygen atoms in total. The van der Waals surface area contributed by atoms with E-state index < -0.39 is 11.9 Å². The van der Waals surface area contributed by atoms with Crippen molar-refractivity contribution in [2.75, 3.05) is 12.4 Å². The van der Waals surface area contributed by atoms with E-state index in [1.807, 2.05) is 36.4 Å². The summed E-state index contributed by atoms with van der Waals surface area (Å²) in [5.41, 5.74) is 1.30. The van der Waals surface area contributed by atoms with Crippen molar-refractivity contribution >= 4 is 46.0 Å². The largest absolute Gasteiger partial charge is 0.493 e. The number of carbonyl (C=O) groups excluding carboxylic acids is 2. The van der Waals surface area contributed by atoms with Gasteiger partial charge in [-0.1, -0.05) is 60.1 Å². The number of hydrogen-bond acceptors (Lipinski definition) is 5. The van der Waals surface area contributed by atoms with Crippen LogP contribution in [-0.4, -0.2) is 19.0 Å². The van der Waals surface area contributed by atoms with Gasteiger partial charge in [0.1, 0.15) is 11.6 Å². The summed E-state index contributed by atoms with van der Waals surface area (Å²) in [7, 11) is 1.44. The fraction of sp³-hybridized carbons (Fsp3) is 0.0357. The molecule has 0 heterocycles. The highest BCUT2D eigenvalue weighted by Crippen LogP contribution is 2.30. The quantitative estimate of drug-likeness (QED) is 0.151. The van der Waals surface area contributed by atoms with Crippen molar-refractivity contribution in [3.8, 4) is 17.6 Å². The number of halogens is 1. The van der Waals surface area contributed by atoms with E-state index in [2.05, 4.69) is 5.32 Å². The van der Waals surface area contributed by atoms with Crippen LogP contribution in [0.3, 0.4) is 0 Å². The van der Waals surface area contributed by atoms with Crippen molar-refractivity contribution in [3.05, 3.63) is 107 Å². The molecule has 0 unspecified atom stereocenters. The zero-order valence-electron chi connectivity index (χ0n) is 18.6. The molecule has 1 amide bonds. The highest BCUT2D eigenvalue weighted by atomic mass is 35.5. The second kappa shape index (κ2) is 10.6. The van der Waals surface area contributed by atoms with Crippen LogP contribution in [0.2, 0.25) is 5.02 Å². The van der Waals surface area contributed by atoms with Crippen LogP contribution in [0.1, 0.15) is 15.9 Å². The third-order valence-corrected chi connectivity index (χ3v) is 5.39. The second-order valence-electron chi connectivity index (χ2n) is 7.46. The maximum Gasteiger partial charge on any atom is 0.344 e. The Morgan fingerprint density at radius 3 is 2.49 bits per heavy atom. The number of carbonyl (C=O) groups is 2. The maximum absolute atomic E-state index is 12.9. The molecule has 0 aliphatic rings. The van der Waals surface area contributed by atoms with Gasteiger partial charge < -0.3 is 14.8 Å². The number of anilines is 1. The summed E-state index contributed by atoms with van der Waals surface area (Å²) >= 11 is 5.94. The van der Waals surface area contributed by atoms with Crippen molar-refractivity contribution in [1.29, 1.82) is 5.26 Å². The highest BCUT2D eigenvalue weighted by molar-refractivity contribution is 6.31. The summed E-state index contributed by atoms with van der Waals surface area (Å²) in [6.07, 6.45) is 1.42. The first-order chi connectivity index (χ1) is 17.0. The number of hydrogen-bond donors (Lipinski definition) is 1. The number of rotatable bonds is 6. The summed E-state index contributed by atoms with van der Waals surface area (Å²) in [5.74, 6) is -0.619. The van der Waals surface area contributed by atoms with Gasteiger partial charge in [0, 0.05) is 10.7 Å². The Morgan fingerprint density at radius 1 is 0.943 bits per heavy atom. The highest BCUT2D eigenvalue weighted by Gasteiger charge is 2.16. The van der Waals surface area contributed by atoms with Crippen LogP contribution < -0.4 is 14.8 Å². The van der Waals surface area contributed by atoms with Gasteiger partial charge in [-0.25, -0.2) is 4.79 Å². The Morgan fingerprint density at radius 2 is 1.71 bits per heavy atom. The standard InChI is InChI=1S/C28H19ClN2O4/c1-34-26-15-18(14-20(17-30)27(32)31-22-9-5-8-21(29)16-22)12-13-25(26)35-28(33)24-11-4-7-19-6-2-3-10-23(19)24/h2-16H,1H3,(H,31,32)/b20-14+. The third kappa shape index (κ3) is 5.49. The predicted octanol–water partition coefficient (Wildman–Crippen LogP) is 6.27. The zero-order chi connectivity index (χ0) is 24.8. The lowest BCUT2D eigenvalue weighted by molar-refractivity contribution is -0.112. The molecule has 0 saturated heterocycles. The molecule has 0 radical (unpaired) electrons. The molecule has 0 atom stereocenters. The van der Waals surface area contributed by atoms with E-state index >= 15 is 0 Å². The topological polar surface area (TPSA) is 88.4 Å². The third-order valence-electron chi connectivity index (χ3n) is 5.16. The fourth-order valence-corrected chi connectivity index (χ4v) is 3.69. The van der Waals surface area contributed by atoms with Gasteiger partial charge in [-0.2, -0.15) is 5.26 Å². The van der Waals surface area contributed by atoms with E-state index in [1.54, 1.807) is 54.6 Å². The lowest BCUT2D eigenvalue weighted by Gasteiger charge is -2.11. The van der Waals surface area contributed by atoms with Crippen molar-refractivity contribution in [3.63, 3.8) is 0 Å². The molecule has 0 spiro atoms. The van der Waals surface area contributed by atoms with Crippen LogP contribution in [-0.2, 0) is 4.79 Å². The smallest absolute Gasteiger partial charge is 0.344 e. The van der Waals surface area contributed by atoms with Gasteiger partial charge in [-0.3, -0.25) is 4.79 Å². The monoisotopic (exact) mass is 482 g/mol. The average Bonchev–Trinajstić information content (AvgIpc) is 2.87. The van der Waals surface area contributed by atoms with Crippen LogP contribution in [0.4, 0.5) is 5.69 Å². The molecule has 7 heteroatoms. The number of nitrogens with zero attached hydrogens (tertiary/aromatic N) is 1. The van der Waals surface area contributed by atoms with Gasteiger partial charge in [-0.05, 0) is 58.8 Å². The lowest BCUT2D eigenvalue weighted by atomic mass is 10.0. The predicted molar refractivity (Wildman–Crippen MR) is 136 cm³/mol. The van der Waals surface area contributed by atoms with Gasteiger partial charge in [0.15, 0.2) is 11.5 Å². The minimum Gasteiger partial charge on any atom is -0.493 e. The number of amides is 1. The number of fused-ring (bicyclic) bond motifs is 1. The maximum atomic E-state index is 12.9. The van der Waals surface area contributed by atoms with Gasteiger partial charge >= 0.3 is 5.97 Å². The molecule has 35 heavy (non-hydrogen) atoms. The van der Waals surface area contributed by atoms with E-state index in [-0.39, 0.29) is 17.1 Å². The Bertz CT molecular complexity index is 1500. The van der Waals surface area contributed by atoms with Crippen LogP contribution in [0.15, 0.2) is 90.5 Å². The zero-order valence-corrected chi connectivity index (χ0v) is 19.4. The number of nitriles is 1. The summed E-state index contributed by atoms with van der Waals surface area (Å²) < 4.78 is 11.0. The van der Waals surface area contributed by atoms with Crippen LogP contribution >= 0.6 is 11.6 Å². The first-order valence-corrected chi connectivity index (χ1v) is 10.9. The Labute approximate surface area is 207 Å². The summed E-state index contributed by atoms with van der Waals surface area (Å²) in [5, 5.41) is 14.3. The van der Waals surface area contributed by atoms with E-state index in [0.717, 1.165) is 10.8 Å². The van der Waals surface area contributed by atoms with E-state index in [1.165, 1.54) is 13.2 Å². The first-order valence-electron chi connectivity index (χ1n) is 10.5. The van der Waals surface area contributed by atoms with Gasteiger partial charge in [-0.15, -0.1) is 0 Å². The summed E-state index contributed by atoms with van der Waals surface area (Å²) in [6, 6.07) is 26.2. The normalized spacial score (nSPS) is 10.9. The molecular weight excluding hydrogens is 464 g/mol. The minimum atomic E-state index is -0.583. The second-order valence-corrected chi connectivity index (χ2v) is 7.90. The summed E-state index contributed by atoms with van der Waals surface area (Å²) in [4.78, 5) is 25.4. The SMILES string of the molecule is COc1cc(/C=C(\C#N)C(=O)Nc2cccc(Cl)c2)ccc1OC(=O)c1cccc2ccccc12. The molecular formula is C28H19ClN2O4. The number of ether oxygens (including phenoxy) is 2. The number of nitrogens with one attached hydrogen (secondary N) is 1. The van der Waals surface area contributed by atoms with Crippen molar-refractivity contribution in [2.45, 2.75) is 0 Å². The van der Waals surface area contributed by atoms with E-state index in [9.17, 15) is 14.9 Å². The van der Waals surface area contributed by atoms with Crippen LogP contribution in [0.5, 0.6) is 11.5 Å². The van der Waals surface area contributed by atoms with Crippen molar-refractivity contribution in [1.82, 2.24) is 0 Å². The molecule has 0 aliphatic heterocycles. The minimum absolute atomic E-state index is 0.118. The fourth-order valence-electron chi connectivity index (χ4n) is 3.50. The van der Waals surface area contributed by atoms with E-state index in [0.29, 0.717) is 21.8 Å². The molecule has 0 aromatic heterocycles. The molecule has 4 aromatic rings. The van der Waals surface area contributed by atoms with Gasteiger partial charge in [0.05, 0.1) is 12.7 Å². The van der Waals surface area contributed by atoms with E-state index in [4.69, 9.17) is 21.1 Å². The summed E-state index contributed by atoms with van der Waals surface area (Å²) in [6.45, 7) is 0. The molecule has 4 aromatic carbocycles. The molecule has 4 rings (SSSR count). The Hall–Kier alpha value is -4.60. The van der Waals surface area contributed by atoms with Crippen molar-refractivity contribution in [2.24, 2.45) is 0 Å². The van der Waals surface area contributed by atoms with Gasteiger partial charge in [0.25, 0.3) is 5.91 Å². The lowest BCUT2D eigenvalue weighted by Crippen LogP contribution is -2.13. The van der Waals surface area contributed by atoms with Crippen LogP contribution in [0.25, 0.3) is 16.8 Å². The molecule has 0 aliphatic carbocycles. The molecule has 0 fully saturated rings. The Balaban J connectivity index is 1.56. The average molecular weight is 483 g/mol. The molecule has 1 N–H and O–H groups in total. The van der Waals surface area contributed by atoms with Crippen molar-refractivity contribution < 1.29 is 19.1 Å². The van der Waals surface area contributed by atoms with Gasteiger partial charge in [0.2, 0.25) is 0 Å².